The van der Waals surface area contributed by atoms with Gasteiger partial charge in [-0.15, -0.1) is 0 Å². The van der Waals surface area contributed by atoms with E-state index < -0.39 is 0 Å². The lowest BCUT2D eigenvalue weighted by atomic mass is 10.0. The molecule has 0 spiro atoms. The summed E-state index contributed by atoms with van der Waals surface area (Å²) in [6.45, 7) is 5.47. The number of rotatable bonds is 6. The topological polar surface area (TPSA) is 37.0 Å². The molecule has 0 aromatic carbocycles. The molecule has 0 radical (unpaired) electrons. The van der Waals surface area contributed by atoms with Crippen LogP contribution in [0.4, 0.5) is 11.6 Å². The predicted molar refractivity (Wildman–Crippen MR) is 66.3 cm³/mol. The number of aromatic nitrogens is 1. The molecule has 0 saturated carbocycles. The zero-order valence-corrected chi connectivity index (χ0v) is 9.88. The molecule has 1 heterocycles. The van der Waals surface area contributed by atoms with Crippen molar-refractivity contribution in [2.75, 3.05) is 24.2 Å². The molecule has 0 unspecified atom stereocenters. The number of hydrogen-bond acceptors (Lipinski definition) is 3. The van der Waals surface area contributed by atoms with Gasteiger partial charge in [-0.3, -0.25) is 0 Å². The molecule has 0 amide bonds. The fraction of sp³-hybridized carbons (Fsp3) is 0.583. The number of anilines is 2. The normalized spacial score (nSPS) is 10.4. The van der Waals surface area contributed by atoms with E-state index in [4.69, 9.17) is 0 Å². The highest BCUT2D eigenvalue weighted by Gasteiger charge is 2.03. The number of hydrogen-bond donors (Lipinski definition) is 2. The van der Waals surface area contributed by atoms with E-state index in [9.17, 15) is 0 Å². The summed E-state index contributed by atoms with van der Waals surface area (Å²) < 4.78 is 0. The third kappa shape index (κ3) is 3.78. The van der Waals surface area contributed by atoms with E-state index in [0.717, 1.165) is 24.1 Å². The summed E-state index contributed by atoms with van der Waals surface area (Å²) >= 11 is 0. The molecule has 3 heteroatoms. The highest BCUT2D eigenvalue weighted by molar-refractivity contribution is 5.44. The summed E-state index contributed by atoms with van der Waals surface area (Å²) in [5, 5.41) is 6.40. The Bertz CT molecular complexity index is 282. The average Bonchev–Trinajstić information content (AvgIpc) is 2.31. The predicted octanol–water partition coefficient (Wildman–Crippen LogP) is 2.97. The molecule has 1 aromatic rings. The van der Waals surface area contributed by atoms with Gasteiger partial charge in [0.25, 0.3) is 0 Å². The van der Waals surface area contributed by atoms with E-state index >= 15 is 0 Å². The van der Waals surface area contributed by atoms with E-state index in [2.05, 4.69) is 29.5 Å². The van der Waals surface area contributed by atoms with Gasteiger partial charge in [-0.25, -0.2) is 4.98 Å². The fourth-order valence-electron chi connectivity index (χ4n) is 1.50. The van der Waals surface area contributed by atoms with Crippen molar-refractivity contribution in [1.82, 2.24) is 4.98 Å². The molecule has 0 saturated heterocycles. The van der Waals surface area contributed by atoms with Crippen LogP contribution < -0.4 is 10.6 Å². The van der Waals surface area contributed by atoms with Crippen LogP contribution in [0.15, 0.2) is 18.2 Å². The van der Waals surface area contributed by atoms with Crippen molar-refractivity contribution in [3.8, 4) is 0 Å². The summed E-state index contributed by atoms with van der Waals surface area (Å²) in [6, 6.07) is 5.97. The Labute approximate surface area is 92.3 Å². The first-order valence-corrected chi connectivity index (χ1v) is 5.68. The first-order valence-electron chi connectivity index (χ1n) is 5.68. The Balaban J connectivity index is 2.49. The van der Waals surface area contributed by atoms with Gasteiger partial charge in [-0.05, 0) is 18.1 Å². The molecule has 0 atom stereocenters. The van der Waals surface area contributed by atoms with Crippen molar-refractivity contribution < 1.29 is 0 Å². The molecule has 0 aliphatic heterocycles. The maximum absolute atomic E-state index is 4.41. The van der Waals surface area contributed by atoms with Gasteiger partial charge in [0.05, 0.1) is 0 Å². The van der Waals surface area contributed by atoms with Crippen molar-refractivity contribution in [2.24, 2.45) is 5.92 Å². The maximum Gasteiger partial charge on any atom is 0.128 e. The van der Waals surface area contributed by atoms with Crippen molar-refractivity contribution in [3.63, 3.8) is 0 Å². The lowest BCUT2D eigenvalue weighted by Crippen LogP contribution is -2.13. The van der Waals surface area contributed by atoms with Crippen molar-refractivity contribution in [1.29, 1.82) is 0 Å². The molecule has 1 aromatic heterocycles. The molecule has 0 aliphatic carbocycles. The van der Waals surface area contributed by atoms with E-state index in [0.29, 0.717) is 0 Å². The maximum atomic E-state index is 4.41. The minimum atomic E-state index is 0.741. The second-order valence-corrected chi connectivity index (χ2v) is 3.72. The molecule has 3 nitrogen and oxygen atoms in total. The third-order valence-electron chi connectivity index (χ3n) is 2.73. The van der Waals surface area contributed by atoms with Crippen LogP contribution in [0.25, 0.3) is 0 Å². The molecule has 0 aliphatic rings. The first-order chi connectivity index (χ1) is 7.30. The highest BCUT2D eigenvalue weighted by atomic mass is 15.0. The van der Waals surface area contributed by atoms with Crippen LogP contribution in [0, 0.1) is 5.92 Å². The minimum Gasteiger partial charge on any atom is -0.373 e. The monoisotopic (exact) mass is 207 g/mol. The van der Waals surface area contributed by atoms with Crippen molar-refractivity contribution >= 4 is 11.6 Å². The van der Waals surface area contributed by atoms with Gasteiger partial charge >= 0.3 is 0 Å². The Morgan fingerprint density at radius 1 is 1.20 bits per heavy atom. The molecule has 15 heavy (non-hydrogen) atoms. The standard InChI is InChI=1S/C12H21N3/c1-4-10(5-2)9-14-12-8-6-7-11(13-3)15-12/h6-8,10H,4-5,9H2,1-3H3,(H2,13,14,15). The number of nitrogens with zero attached hydrogens (tertiary/aromatic N) is 1. The van der Waals surface area contributed by atoms with E-state index in [1.807, 2.05) is 25.2 Å². The summed E-state index contributed by atoms with van der Waals surface area (Å²) in [6.07, 6.45) is 2.43. The van der Waals surface area contributed by atoms with Gasteiger partial charge in [-0.1, -0.05) is 32.8 Å². The van der Waals surface area contributed by atoms with E-state index in [1.165, 1.54) is 12.8 Å². The second kappa shape index (κ2) is 6.27. The van der Waals surface area contributed by atoms with Gasteiger partial charge in [0.15, 0.2) is 0 Å². The molecule has 0 fully saturated rings. The SMILES string of the molecule is CCC(CC)CNc1cccc(NC)n1. The Morgan fingerprint density at radius 3 is 2.47 bits per heavy atom. The lowest BCUT2D eigenvalue weighted by Gasteiger charge is -2.14. The quantitative estimate of drug-likeness (QED) is 0.753. The van der Waals surface area contributed by atoms with Crippen LogP contribution in [0.5, 0.6) is 0 Å². The van der Waals surface area contributed by atoms with Crippen molar-refractivity contribution in [3.05, 3.63) is 18.2 Å². The molecular formula is C12H21N3. The zero-order valence-electron chi connectivity index (χ0n) is 9.88. The smallest absolute Gasteiger partial charge is 0.128 e. The molecule has 2 N–H and O–H groups in total. The fourth-order valence-corrected chi connectivity index (χ4v) is 1.50. The largest absolute Gasteiger partial charge is 0.373 e. The van der Waals surface area contributed by atoms with Gasteiger partial charge in [-0.2, -0.15) is 0 Å². The van der Waals surface area contributed by atoms with Crippen molar-refractivity contribution in [2.45, 2.75) is 26.7 Å². The molecule has 1 rings (SSSR count). The summed E-state index contributed by atoms with van der Waals surface area (Å²) in [7, 11) is 1.88. The third-order valence-corrected chi connectivity index (χ3v) is 2.73. The van der Waals surface area contributed by atoms with Gasteiger partial charge in [0.2, 0.25) is 0 Å². The van der Waals surface area contributed by atoms with Crippen LogP contribution in [-0.2, 0) is 0 Å². The summed E-state index contributed by atoms with van der Waals surface area (Å²) in [5.74, 6) is 2.60. The molecule has 84 valence electrons. The summed E-state index contributed by atoms with van der Waals surface area (Å²) in [5.41, 5.74) is 0. The Morgan fingerprint density at radius 2 is 1.87 bits per heavy atom. The molecular weight excluding hydrogens is 186 g/mol. The lowest BCUT2D eigenvalue weighted by molar-refractivity contribution is 0.518. The van der Waals surface area contributed by atoms with Crippen LogP contribution in [0.2, 0.25) is 0 Å². The van der Waals surface area contributed by atoms with E-state index in [1.54, 1.807) is 0 Å². The molecule has 0 bridgehead atoms. The highest BCUT2D eigenvalue weighted by Crippen LogP contribution is 2.11. The van der Waals surface area contributed by atoms with Gasteiger partial charge < -0.3 is 10.6 Å². The van der Waals surface area contributed by atoms with Crippen LogP contribution in [0.3, 0.4) is 0 Å². The Kier molecular flexibility index (Phi) is 4.95. The van der Waals surface area contributed by atoms with Gasteiger partial charge in [0.1, 0.15) is 11.6 Å². The minimum absolute atomic E-state index is 0.741. The van der Waals surface area contributed by atoms with E-state index in [-0.39, 0.29) is 0 Å². The van der Waals surface area contributed by atoms with Crippen LogP contribution in [-0.4, -0.2) is 18.6 Å². The average molecular weight is 207 g/mol. The second-order valence-electron chi connectivity index (χ2n) is 3.72. The first kappa shape index (κ1) is 11.8. The summed E-state index contributed by atoms with van der Waals surface area (Å²) in [4.78, 5) is 4.41. The Hall–Kier alpha value is -1.25. The number of pyridine rings is 1. The van der Waals surface area contributed by atoms with Crippen LogP contribution >= 0.6 is 0 Å². The zero-order chi connectivity index (χ0) is 11.1. The van der Waals surface area contributed by atoms with Crippen LogP contribution in [0.1, 0.15) is 26.7 Å². The van der Waals surface area contributed by atoms with Gasteiger partial charge in [0, 0.05) is 13.6 Å². The number of nitrogens with one attached hydrogen (secondary N) is 2.